The lowest BCUT2D eigenvalue weighted by Crippen LogP contribution is -2.40. The Morgan fingerprint density at radius 1 is 1.45 bits per heavy atom. The highest BCUT2D eigenvalue weighted by Crippen LogP contribution is 2.22. The highest BCUT2D eigenvalue weighted by Gasteiger charge is 2.23. The van der Waals surface area contributed by atoms with Crippen LogP contribution in [0.2, 0.25) is 0 Å². The van der Waals surface area contributed by atoms with Gasteiger partial charge in [0.2, 0.25) is 10.0 Å². The normalized spacial score (nSPS) is 12.8. The molecule has 0 bridgehead atoms. The highest BCUT2D eigenvalue weighted by molar-refractivity contribution is 9.10. The van der Waals surface area contributed by atoms with Crippen molar-refractivity contribution in [1.29, 1.82) is 0 Å². The number of rotatable bonds is 7. The van der Waals surface area contributed by atoms with Crippen molar-refractivity contribution in [2.45, 2.75) is 37.1 Å². The third-order valence-corrected chi connectivity index (χ3v) is 4.87. The number of nitrogens with two attached hydrogens (primary N) is 1. The van der Waals surface area contributed by atoms with Crippen molar-refractivity contribution in [2.75, 3.05) is 6.54 Å². The molecule has 0 amide bonds. The number of sulfonamides is 1. The molecule has 0 saturated heterocycles. The molecule has 4 nitrogen and oxygen atoms in total. The molecule has 1 atom stereocenters. The molecule has 1 aromatic rings. The first-order valence-corrected chi connectivity index (χ1v) is 8.36. The van der Waals surface area contributed by atoms with E-state index in [0.29, 0.717) is 6.42 Å². The zero-order valence-corrected chi connectivity index (χ0v) is 14.3. The average Bonchev–Trinajstić information content (AvgIpc) is 2.37. The van der Waals surface area contributed by atoms with Crippen molar-refractivity contribution in [3.8, 4) is 0 Å². The van der Waals surface area contributed by atoms with E-state index in [1.807, 2.05) is 6.92 Å². The molecule has 0 aliphatic heterocycles. The zero-order valence-electron chi connectivity index (χ0n) is 11.1. The summed E-state index contributed by atoms with van der Waals surface area (Å²) in [5.74, 6) is -0.790. The van der Waals surface area contributed by atoms with Gasteiger partial charge in [-0.05, 0) is 34.5 Å². The minimum atomic E-state index is -3.89. The molecule has 1 unspecified atom stereocenters. The standard InChI is InChI=1S/C12H18BrFN2O2S.ClH/c1-2-3-5-9(8-15)16-19(17,18)11-7-4-6-10(13)12(11)14;/h4,6-7,9,16H,2-3,5,8,15H2,1H3;1H. The van der Waals surface area contributed by atoms with E-state index in [-0.39, 0.29) is 34.4 Å². The van der Waals surface area contributed by atoms with Gasteiger partial charge in [0, 0.05) is 12.6 Å². The topological polar surface area (TPSA) is 72.2 Å². The summed E-state index contributed by atoms with van der Waals surface area (Å²) >= 11 is 2.97. The maximum atomic E-state index is 13.8. The van der Waals surface area contributed by atoms with Gasteiger partial charge in [0.05, 0.1) is 4.47 Å². The van der Waals surface area contributed by atoms with E-state index < -0.39 is 15.8 Å². The van der Waals surface area contributed by atoms with Gasteiger partial charge in [-0.25, -0.2) is 17.5 Å². The molecule has 1 rings (SSSR count). The summed E-state index contributed by atoms with van der Waals surface area (Å²) in [5, 5.41) is 0. The van der Waals surface area contributed by atoms with Crippen LogP contribution in [0.15, 0.2) is 27.6 Å². The number of unbranched alkanes of at least 4 members (excludes halogenated alkanes) is 1. The van der Waals surface area contributed by atoms with Gasteiger partial charge in [-0.15, -0.1) is 12.4 Å². The van der Waals surface area contributed by atoms with E-state index in [4.69, 9.17) is 5.73 Å². The Hall–Kier alpha value is -0.210. The molecule has 0 radical (unpaired) electrons. The molecular formula is C12H19BrClFN2O2S. The van der Waals surface area contributed by atoms with Gasteiger partial charge < -0.3 is 5.73 Å². The second-order valence-corrected chi connectivity index (χ2v) is 6.78. The lowest BCUT2D eigenvalue weighted by Gasteiger charge is -2.17. The van der Waals surface area contributed by atoms with Crippen LogP contribution in [0, 0.1) is 5.82 Å². The third-order valence-electron chi connectivity index (χ3n) is 2.72. The van der Waals surface area contributed by atoms with Crippen molar-refractivity contribution < 1.29 is 12.8 Å². The lowest BCUT2D eigenvalue weighted by atomic mass is 10.1. The Labute approximate surface area is 133 Å². The van der Waals surface area contributed by atoms with E-state index >= 15 is 0 Å². The fourth-order valence-electron chi connectivity index (χ4n) is 1.65. The molecule has 0 saturated carbocycles. The SMILES string of the molecule is CCCCC(CN)NS(=O)(=O)c1cccc(Br)c1F.Cl. The third kappa shape index (κ3) is 5.29. The summed E-state index contributed by atoms with van der Waals surface area (Å²) in [6, 6.07) is 3.79. The molecular weight excluding hydrogens is 371 g/mol. The van der Waals surface area contributed by atoms with E-state index in [0.717, 1.165) is 12.8 Å². The van der Waals surface area contributed by atoms with Crippen molar-refractivity contribution in [3.63, 3.8) is 0 Å². The molecule has 0 aliphatic rings. The first kappa shape index (κ1) is 19.8. The quantitative estimate of drug-likeness (QED) is 0.753. The maximum absolute atomic E-state index is 13.8. The summed E-state index contributed by atoms with van der Waals surface area (Å²) in [6.07, 6.45) is 2.46. The summed E-state index contributed by atoms with van der Waals surface area (Å²) in [5.41, 5.74) is 5.54. The van der Waals surface area contributed by atoms with Crippen LogP contribution in [-0.2, 0) is 10.0 Å². The lowest BCUT2D eigenvalue weighted by molar-refractivity contribution is 0.509. The first-order valence-electron chi connectivity index (χ1n) is 6.08. The van der Waals surface area contributed by atoms with Crippen LogP contribution >= 0.6 is 28.3 Å². The van der Waals surface area contributed by atoms with Gasteiger partial charge >= 0.3 is 0 Å². The predicted molar refractivity (Wildman–Crippen MR) is 84.0 cm³/mol. The summed E-state index contributed by atoms with van der Waals surface area (Å²) in [7, 11) is -3.89. The Morgan fingerprint density at radius 2 is 2.10 bits per heavy atom. The molecule has 0 fully saturated rings. The van der Waals surface area contributed by atoms with E-state index in [1.54, 1.807) is 0 Å². The molecule has 1 aromatic carbocycles. The molecule has 116 valence electrons. The zero-order chi connectivity index (χ0) is 14.5. The van der Waals surface area contributed by atoms with Crippen LogP contribution in [0.5, 0.6) is 0 Å². The maximum Gasteiger partial charge on any atom is 0.243 e. The van der Waals surface area contributed by atoms with Gasteiger partial charge in [0.1, 0.15) is 4.90 Å². The van der Waals surface area contributed by atoms with Crippen molar-refractivity contribution in [2.24, 2.45) is 5.73 Å². The number of halogens is 3. The van der Waals surface area contributed by atoms with Gasteiger partial charge in [-0.3, -0.25) is 0 Å². The van der Waals surface area contributed by atoms with Crippen molar-refractivity contribution in [1.82, 2.24) is 4.72 Å². The number of benzene rings is 1. The summed E-state index contributed by atoms with van der Waals surface area (Å²) in [4.78, 5) is -0.364. The van der Waals surface area contributed by atoms with Gasteiger partial charge in [0.25, 0.3) is 0 Å². The van der Waals surface area contributed by atoms with Gasteiger partial charge in [-0.2, -0.15) is 0 Å². The Kier molecular flexibility index (Phi) is 8.85. The number of hydrogen-bond donors (Lipinski definition) is 2. The van der Waals surface area contributed by atoms with Crippen LogP contribution in [0.4, 0.5) is 4.39 Å². The Bertz CT molecular complexity index is 528. The summed E-state index contributed by atoms with van der Waals surface area (Å²) < 4.78 is 40.6. The van der Waals surface area contributed by atoms with Crippen LogP contribution in [0.1, 0.15) is 26.2 Å². The highest BCUT2D eigenvalue weighted by atomic mass is 79.9. The molecule has 0 spiro atoms. The number of hydrogen-bond acceptors (Lipinski definition) is 3. The Morgan fingerprint density at radius 3 is 2.65 bits per heavy atom. The van der Waals surface area contributed by atoms with Crippen LogP contribution in [0.25, 0.3) is 0 Å². The minimum Gasteiger partial charge on any atom is -0.329 e. The van der Waals surface area contributed by atoms with Crippen LogP contribution < -0.4 is 10.5 Å². The average molecular weight is 390 g/mol. The van der Waals surface area contributed by atoms with E-state index in [2.05, 4.69) is 20.7 Å². The minimum absolute atomic E-state index is 0. The van der Waals surface area contributed by atoms with Gasteiger partial charge in [-0.1, -0.05) is 25.8 Å². The summed E-state index contributed by atoms with van der Waals surface area (Å²) in [6.45, 7) is 2.20. The molecule has 3 N–H and O–H groups in total. The monoisotopic (exact) mass is 388 g/mol. The molecule has 8 heteroatoms. The first-order chi connectivity index (χ1) is 8.92. The molecule has 20 heavy (non-hydrogen) atoms. The van der Waals surface area contributed by atoms with Gasteiger partial charge in [0.15, 0.2) is 5.82 Å². The molecule has 0 heterocycles. The predicted octanol–water partition coefficient (Wildman–Crippen LogP) is 2.81. The second-order valence-electron chi connectivity index (χ2n) is 4.25. The second kappa shape index (κ2) is 8.94. The molecule has 0 aliphatic carbocycles. The number of nitrogens with one attached hydrogen (secondary N) is 1. The van der Waals surface area contributed by atoms with E-state index in [9.17, 15) is 12.8 Å². The smallest absolute Gasteiger partial charge is 0.243 e. The van der Waals surface area contributed by atoms with Crippen LogP contribution in [0.3, 0.4) is 0 Å². The van der Waals surface area contributed by atoms with Crippen LogP contribution in [-0.4, -0.2) is 21.0 Å². The fraction of sp³-hybridized carbons (Fsp3) is 0.500. The Balaban J connectivity index is 0.00000361. The van der Waals surface area contributed by atoms with Crippen molar-refractivity contribution in [3.05, 3.63) is 28.5 Å². The molecule has 0 aromatic heterocycles. The van der Waals surface area contributed by atoms with E-state index in [1.165, 1.54) is 18.2 Å². The largest absolute Gasteiger partial charge is 0.329 e. The fourth-order valence-corrected chi connectivity index (χ4v) is 3.53. The van der Waals surface area contributed by atoms with Crippen molar-refractivity contribution >= 4 is 38.4 Å².